The summed E-state index contributed by atoms with van der Waals surface area (Å²) in [5.41, 5.74) is 0.446. The molecule has 0 saturated carbocycles. The van der Waals surface area contributed by atoms with Gasteiger partial charge in [0.15, 0.2) is 0 Å². The van der Waals surface area contributed by atoms with E-state index < -0.39 is 0 Å². The summed E-state index contributed by atoms with van der Waals surface area (Å²) >= 11 is 0. The number of carbonyl (C=O) groups excluding carboxylic acids is 1. The highest BCUT2D eigenvalue weighted by atomic mass is 16.5. The molecule has 1 amide bonds. The zero-order valence-corrected chi connectivity index (χ0v) is 11.2. The fraction of sp³-hybridized carbons (Fsp3) is 0.429. The number of benzene rings is 1. The van der Waals surface area contributed by atoms with Crippen LogP contribution in [0.5, 0.6) is 11.5 Å². The van der Waals surface area contributed by atoms with Crippen LogP contribution >= 0.6 is 0 Å². The summed E-state index contributed by atoms with van der Waals surface area (Å²) in [5.74, 6) is 0.915. The van der Waals surface area contributed by atoms with Crippen molar-refractivity contribution < 1.29 is 14.3 Å². The Hall–Kier alpha value is -2.22. The molecular weight excluding hydrogens is 244 g/mol. The number of carbonyl (C=O) groups is 1. The van der Waals surface area contributed by atoms with E-state index in [1.807, 2.05) is 0 Å². The first-order valence-electron chi connectivity index (χ1n) is 6.10. The Morgan fingerprint density at radius 3 is 2.74 bits per heavy atom. The first-order valence-corrected chi connectivity index (χ1v) is 6.10. The molecule has 5 heteroatoms. The highest BCUT2D eigenvalue weighted by Crippen LogP contribution is 2.23. The third-order valence-corrected chi connectivity index (χ3v) is 2.65. The fourth-order valence-corrected chi connectivity index (χ4v) is 1.62. The molecule has 0 aliphatic rings. The maximum Gasteiger partial charge on any atom is 0.255 e. The van der Waals surface area contributed by atoms with Crippen LogP contribution < -0.4 is 14.8 Å². The van der Waals surface area contributed by atoms with Gasteiger partial charge >= 0.3 is 0 Å². The Kier molecular flexibility index (Phi) is 6.23. The van der Waals surface area contributed by atoms with Gasteiger partial charge in [-0.1, -0.05) is 0 Å². The van der Waals surface area contributed by atoms with E-state index >= 15 is 0 Å². The van der Waals surface area contributed by atoms with Crippen LogP contribution in [0.1, 0.15) is 29.6 Å². The van der Waals surface area contributed by atoms with Gasteiger partial charge in [-0.25, -0.2) is 0 Å². The summed E-state index contributed by atoms with van der Waals surface area (Å²) in [6.07, 6.45) is 2.08. The van der Waals surface area contributed by atoms with Gasteiger partial charge < -0.3 is 14.8 Å². The molecule has 0 aliphatic heterocycles. The average Bonchev–Trinajstić information content (AvgIpc) is 2.46. The normalized spacial score (nSPS) is 9.53. The molecule has 19 heavy (non-hydrogen) atoms. The zero-order chi connectivity index (χ0) is 14.1. The van der Waals surface area contributed by atoms with Crippen LogP contribution in [0, 0.1) is 11.3 Å². The van der Waals surface area contributed by atoms with Crippen molar-refractivity contribution in [3.05, 3.63) is 23.8 Å². The molecule has 0 aromatic heterocycles. The molecule has 0 radical (unpaired) electrons. The Morgan fingerprint density at radius 1 is 1.32 bits per heavy atom. The standard InChI is InChI=1S/C14H18N2O3/c1-18-11-6-7-13(19-2)12(10-11)14(17)16-9-5-3-4-8-15/h6-7,10H,3-5,9H2,1-2H3,(H,16,17). The van der Waals surface area contributed by atoms with Crippen molar-refractivity contribution in [3.63, 3.8) is 0 Å². The van der Waals surface area contributed by atoms with Crippen molar-refractivity contribution in [2.75, 3.05) is 20.8 Å². The van der Waals surface area contributed by atoms with Gasteiger partial charge in [-0.3, -0.25) is 4.79 Å². The molecule has 0 unspecified atom stereocenters. The molecule has 1 aromatic rings. The number of hydrogen-bond acceptors (Lipinski definition) is 4. The van der Waals surface area contributed by atoms with Crippen LogP contribution in [0.2, 0.25) is 0 Å². The molecule has 0 atom stereocenters. The van der Waals surface area contributed by atoms with Crippen LogP contribution in [0.15, 0.2) is 18.2 Å². The number of amides is 1. The maximum absolute atomic E-state index is 12.0. The number of rotatable bonds is 7. The van der Waals surface area contributed by atoms with Crippen LogP contribution in [0.4, 0.5) is 0 Å². The van der Waals surface area contributed by atoms with Gasteiger partial charge in [0.2, 0.25) is 0 Å². The molecule has 0 bridgehead atoms. The van der Waals surface area contributed by atoms with E-state index in [1.165, 1.54) is 7.11 Å². The van der Waals surface area contributed by atoms with Crippen molar-refractivity contribution in [2.24, 2.45) is 0 Å². The second kappa shape index (κ2) is 7.98. The van der Waals surface area contributed by atoms with Gasteiger partial charge in [0.05, 0.1) is 25.9 Å². The highest BCUT2D eigenvalue weighted by molar-refractivity contribution is 5.97. The summed E-state index contributed by atoms with van der Waals surface area (Å²) in [6.45, 7) is 0.543. The zero-order valence-electron chi connectivity index (χ0n) is 11.2. The van der Waals surface area contributed by atoms with Gasteiger partial charge in [0.25, 0.3) is 5.91 Å². The topological polar surface area (TPSA) is 71.3 Å². The number of nitriles is 1. The summed E-state index contributed by atoms with van der Waals surface area (Å²) in [6, 6.07) is 7.15. The number of hydrogen-bond donors (Lipinski definition) is 1. The lowest BCUT2D eigenvalue weighted by Gasteiger charge is -2.10. The lowest BCUT2D eigenvalue weighted by molar-refractivity contribution is 0.0949. The first-order chi connectivity index (χ1) is 9.22. The highest BCUT2D eigenvalue weighted by Gasteiger charge is 2.12. The van der Waals surface area contributed by atoms with Crippen LogP contribution in [0.3, 0.4) is 0 Å². The molecule has 0 aliphatic carbocycles. The Balaban J connectivity index is 2.62. The van der Waals surface area contributed by atoms with Crippen LogP contribution in [-0.4, -0.2) is 26.7 Å². The van der Waals surface area contributed by atoms with Crippen LogP contribution in [-0.2, 0) is 0 Å². The van der Waals surface area contributed by atoms with E-state index in [4.69, 9.17) is 14.7 Å². The van der Waals surface area contributed by atoms with E-state index in [0.29, 0.717) is 30.0 Å². The third kappa shape index (κ3) is 4.51. The Morgan fingerprint density at radius 2 is 2.11 bits per heavy atom. The number of ether oxygens (including phenoxy) is 2. The largest absolute Gasteiger partial charge is 0.497 e. The Labute approximate surface area is 113 Å². The summed E-state index contributed by atoms with van der Waals surface area (Å²) in [7, 11) is 3.07. The molecule has 1 aromatic carbocycles. The quantitative estimate of drug-likeness (QED) is 0.764. The predicted molar refractivity (Wildman–Crippen MR) is 71.3 cm³/mol. The molecule has 1 N–H and O–H groups in total. The molecule has 0 spiro atoms. The number of unbranched alkanes of at least 4 members (excludes halogenated alkanes) is 2. The maximum atomic E-state index is 12.0. The van der Waals surface area contributed by atoms with E-state index in [0.717, 1.165) is 12.8 Å². The minimum atomic E-state index is -0.201. The molecule has 102 valence electrons. The summed E-state index contributed by atoms with van der Waals surface area (Å²) in [5, 5.41) is 11.2. The molecule has 0 fully saturated rings. The van der Waals surface area contributed by atoms with Gasteiger partial charge in [-0.2, -0.15) is 5.26 Å². The Bertz CT molecular complexity index is 466. The molecule has 0 saturated heterocycles. The minimum Gasteiger partial charge on any atom is -0.497 e. The van der Waals surface area contributed by atoms with E-state index in [1.54, 1.807) is 25.3 Å². The third-order valence-electron chi connectivity index (χ3n) is 2.65. The number of nitrogens with zero attached hydrogens (tertiary/aromatic N) is 1. The van der Waals surface area contributed by atoms with Crippen molar-refractivity contribution in [1.29, 1.82) is 5.26 Å². The van der Waals surface area contributed by atoms with Crippen molar-refractivity contribution in [2.45, 2.75) is 19.3 Å². The fourth-order valence-electron chi connectivity index (χ4n) is 1.62. The van der Waals surface area contributed by atoms with E-state index in [-0.39, 0.29) is 5.91 Å². The van der Waals surface area contributed by atoms with E-state index in [9.17, 15) is 4.79 Å². The summed E-state index contributed by atoms with van der Waals surface area (Å²) < 4.78 is 10.2. The smallest absolute Gasteiger partial charge is 0.255 e. The lowest BCUT2D eigenvalue weighted by atomic mass is 10.1. The average molecular weight is 262 g/mol. The van der Waals surface area contributed by atoms with Gasteiger partial charge in [-0.15, -0.1) is 0 Å². The predicted octanol–water partition coefficient (Wildman–Crippen LogP) is 2.13. The van der Waals surface area contributed by atoms with Crippen molar-refractivity contribution in [3.8, 4) is 17.6 Å². The van der Waals surface area contributed by atoms with Gasteiger partial charge in [-0.05, 0) is 31.0 Å². The number of methoxy groups -OCH3 is 2. The first kappa shape index (κ1) is 14.8. The van der Waals surface area contributed by atoms with Gasteiger partial charge in [0, 0.05) is 13.0 Å². The second-order valence-electron chi connectivity index (χ2n) is 3.94. The summed E-state index contributed by atoms with van der Waals surface area (Å²) in [4.78, 5) is 12.0. The molecule has 0 heterocycles. The van der Waals surface area contributed by atoms with Crippen molar-refractivity contribution in [1.82, 2.24) is 5.32 Å². The van der Waals surface area contributed by atoms with E-state index in [2.05, 4.69) is 11.4 Å². The minimum absolute atomic E-state index is 0.201. The van der Waals surface area contributed by atoms with Crippen LogP contribution in [0.25, 0.3) is 0 Å². The van der Waals surface area contributed by atoms with Gasteiger partial charge in [0.1, 0.15) is 11.5 Å². The molecule has 5 nitrogen and oxygen atoms in total. The second-order valence-corrected chi connectivity index (χ2v) is 3.94. The molecule has 1 rings (SSSR count). The monoisotopic (exact) mass is 262 g/mol. The number of nitrogens with one attached hydrogen (secondary N) is 1. The SMILES string of the molecule is COc1ccc(OC)c(C(=O)NCCCCC#N)c1. The molecular formula is C14H18N2O3. The van der Waals surface area contributed by atoms with Crippen molar-refractivity contribution >= 4 is 5.91 Å². The lowest BCUT2D eigenvalue weighted by Crippen LogP contribution is -2.24.